The molecular formula is C19H15NO5S. The van der Waals surface area contributed by atoms with E-state index in [1.54, 1.807) is 24.3 Å². The fourth-order valence-electron chi connectivity index (χ4n) is 2.47. The minimum Gasteiger partial charge on any atom is -0.450 e. The first kappa shape index (κ1) is 17.8. The molecule has 3 aromatic rings. The van der Waals surface area contributed by atoms with E-state index in [1.165, 1.54) is 30.4 Å². The van der Waals surface area contributed by atoms with E-state index in [9.17, 15) is 19.7 Å². The molecule has 0 unspecified atom stereocenters. The molecule has 1 heterocycles. The number of Topliss-reactive ketones (excluding diaryl/α,β-unsaturated/α-hetero) is 1. The Kier molecular flexibility index (Phi) is 4.81. The molecule has 0 aliphatic carbocycles. The monoisotopic (exact) mass is 369 g/mol. The molecule has 2 aromatic carbocycles. The first-order valence-electron chi connectivity index (χ1n) is 7.85. The van der Waals surface area contributed by atoms with Gasteiger partial charge in [0, 0.05) is 27.8 Å². The van der Waals surface area contributed by atoms with Crippen LogP contribution in [0.15, 0.2) is 48.5 Å². The number of carbonyl (C=O) groups excluding carboxylic acids is 2. The van der Waals surface area contributed by atoms with E-state index < -0.39 is 17.0 Å². The summed E-state index contributed by atoms with van der Waals surface area (Å²) in [5.41, 5.74) is 1.46. The van der Waals surface area contributed by atoms with Gasteiger partial charge < -0.3 is 4.74 Å². The number of ketones is 1. The van der Waals surface area contributed by atoms with Crippen molar-refractivity contribution in [2.75, 3.05) is 0 Å². The van der Waals surface area contributed by atoms with Gasteiger partial charge in [-0.15, -0.1) is 11.3 Å². The highest BCUT2D eigenvalue weighted by Crippen LogP contribution is 2.29. The van der Waals surface area contributed by atoms with Gasteiger partial charge in [-0.1, -0.05) is 29.8 Å². The number of nitro benzene ring substituents is 1. The van der Waals surface area contributed by atoms with Crippen LogP contribution in [-0.4, -0.2) is 22.8 Å². The van der Waals surface area contributed by atoms with Crippen LogP contribution >= 0.6 is 11.3 Å². The maximum atomic E-state index is 12.4. The number of rotatable bonds is 5. The number of thiophene rings is 1. The molecule has 26 heavy (non-hydrogen) atoms. The van der Waals surface area contributed by atoms with Crippen molar-refractivity contribution in [2.45, 2.75) is 20.0 Å². The topological polar surface area (TPSA) is 86.5 Å². The number of benzene rings is 2. The van der Waals surface area contributed by atoms with Crippen LogP contribution in [0.1, 0.15) is 32.5 Å². The Hall–Kier alpha value is -3.06. The van der Waals surface area contributed by atoms with Gasteiger partial charge in [0.25, 0.3) is 5.69 Å². The van der Waals surface area contributed by atoms with Crippen molar-refractivity contribution in [3.05, 3.63) is 74.6 Å². The Labute approximate surface area is 153 Å². The summed E-state index contributed by atoms with van der Waals surface area (Å²) in [7, 11) is 0. The summed E-state index contributed by atoms with van der Waals surface area (Å²) in [6.07, 6.45) is -0.926. The predicted octanol–water partition coefficient (Wildman–Crippen LogP) is 4.55. The lowest BCUT2D eigenvalue weighted by Crippen LogP contribution is -2.24. The maximum absolute atomic E-state index is 12.4. The van der Waals surface area contributed by atoms with Gasteiger partial charge >= 0.3 is 5.97 Å². The van der Waals surface area contributed by atoms with Gasteiger partial charge in [0.15, 0.2) is 6.10 Å². The number of carbonyl (C=O) groups is 2. The SMILES string of the molecule is Cc1ccc(C(=O)[C@H](C)OC(=O)c2cc3cc([N+](=O)[O-])ccc3s2)cc1. The van der Waals surface area contributed by atoms with E-state index in [-0.39, 0.29) is 11.5 Å². The van der Waals surface area contributed by atoms with Crippen molar-refractivity contribution in [1.82, 2.24) is 0 Å². The first-order valence-corrected chi connectivity index (χ1v) is 8.66. The van der Waals surface area contributed by atoms with Crippen molar-refractivity contribution in [3.63, 3.8) is 0 Å². The van der Waals surface area contributed by atoms with E-state index >= 15 is 0 Å². The van der Waals surface area contributed by atoms with E-state index in [1.807, 2.05) is 19.1 Å². The summed E-state index contributed by atoms with van der Waals surface area (Å²) in [4.78, 5) is 35.3. The molecule has 0 radical (unpaired) electrons. The Morgan fingerprint density at radius 3 is 2.46 bits per heavy atom. The third kappa shape index (κ3) is 3.62. The molecule has 6 nitrogen and oxygen atoms in total. The lowest BCUT2D eigenvalue weighted by molar-refractivity contribution is -0.384. The maximum Gasteiger partial charge on any atom is 0.349 e. The summed E-state index contributed by atoms with van der Waals surface area (Å²) >= 11 is 1.17. The number of hydrogen-bond donors (Lipinski definition) is 0. The highest BCUT2D eigenvalue weighted by Gasteiger charge is 2.22. The van der Waals surface area contributed by atoms with Crippen molar-refractivity contribution in [2.24, 2.45) is 0 Å². The lowest BCUT2D eigenvalue weighted by Gasteiger charge is -2.11. The van der Waals surface area contributed by atoms with Gasteiger partial charge in [0.05, 0.1) is 4.92 Å². The van der Waals surface area contributed by atoms with Gasteiger partial charge in [0.1, 0.15) is 4.88 Å². The molecule has 1 aromatic heterocycles. The predicted molar refractivity (Wildman–Crippen MR) is 98.9 cm³/mol. The minimum atomic E-state index is -0.926. The van der Waals surface area contributed by atoms with E-state index in [0.29, 0.717) is 15.8 Å². The fraction of sp³-hybridized carbons (Fsp3) is 0.158. The van der Waals surface area contributed by atoms with Crippen LogP contribution in [-0.2, 0) is 4.74 Å². The van der Waals surface area contributed by atoms with Crippen LogP contribution in [0.4, 0.5) is 5.69 Å². The van der Waals surface area contributed by atoms with E-state index in [0.717, 1.165) is 10.3 Å². The Balaban J connectivity index is 1.76. The Morgan fingerprint density at radius 1 is 1.12 bits per heavy atom. The number of fused-ring (bicyclic) bond motifs is 1. The largest absolute Gasteiger partial charge is 0.450 e. The lowest BCUT2D eigenvalue weighted by atomic mass is 10.1. The molecule has 0 N–H and O–H groups in total. The summed E-state index contributed by atoms with van der Waals surface area (Å²) in [6.45, 7) is 3.45. The van der Waals surface area contributed by atoms with E-state index in [4.69, 9.17) is 4.74 Å². The van der Waals surface area contributed by atoms with E-state index in [2.05, 4.69) is 0 Å². The highest BCUT2D eigenvalue weighted by atomic mass is 32.1. The Morgan fingerprint density at radius 2 is 1.81 bits per heavy atom. The van der Waals surface area contributed by atoms with Gasteiger partial charge in [0.2, 0.25) is 5.78 Å². The number of hydrogen-bond acceptors (Lipinski definition) is 6. The number of nitro groups is 1. The quantitative estimate of drug-likeness (QED) is 0.285. The average Bonchev–Trinajstić information content (AvgIpc) is 3.05. The summed E-state index contributed by atoms with van der Waals surface area (Å²) in [5.74, 6) is -0.906. The van der Waals surface area contributed by atoms with Crippen molar-refractivity contribution in [1.29, 1.82) is 0 Å². The first-order chi connectivity index (χ1) is 12.3. The number of esters is 1. The second-order valence-corrected chi connectivity index (χ2v) is 6.95. The smallest absolute Gasteiger partial charge is 0.349 e. The molecule has 0 fully saturated rings. The van der Waals surface area contributed by atoms with Crippen LogP contribution in [0.2, 0.25) is 0 Å². The second-order valence-electron chi connectivity index (χ2n) is 5.87. The normalized spacial score (nSPS) is 11.9. The molecular weight excluding hydrogens is 354 g/mol. The number of non-ortho nitro benzene ring substituents is 1. The molecule has 7 heteroatoms. The summed E-state index contributed by atoms with van der Waals surface area (Å²) in [5, 5.41) is 11.4. The minimum absolute atomic E-state index is 0.0434. The number of ether oxygens (including phenoxy) is 1. The zero-order valence-corrected chi connectivity index (χ0v) is 14.9. The molecule has 0 aliphatic heterocycles. The van der Waals surface area contributed by atoms with Crippen molar-refractivity contribution < 1.29 is 19.2 Å². The molecule has 0 bridgehead atoms. The number of aryl methyl sites for hydroxylation is 1. The number of nitrogens with zero attached hydrogens (tertiary/aromatic N) is 1. The van der Waals surface area contributed by atoms with Crippen LogP contribution in [0.25, 0.3) is 10.1 Å². The third-order valence-electron chi connectivity index (χ3n) is 3.90. The van der Waals surface area contributed by atoms with Crippen LogP contribution < -0.4 is 0 Å². The molecule has 1 atom stereocenters. The molecule has 3 rings (SSSR count). The average molecular weight is 369 g/mol. The van der Waals surface area contributed by atoms with Crippen LogP contribution in [0, 0.1) is 17.0 Å². The van der Waals surface area contributed by atoms with Crippen molar-refractivity contribution in [3.8, 4) is 0 Å². The summed E-state index contributed by atoms with van der Waals surface area (Å²) < 4.78 is 6.01. The van der Waals surface area contributed by atoms with Crippen LogP contribution in [0.5, 0.6) is 0 Å². The highest BCUT2D eigenvalue weighted by molar-refractivity contribution is 7.20. The van der Waals surface area contributed by atoms with Gasteiger partial charge in [-0.25, -0.2) is 4.79 Å². The Bertz CT molecular complexity index is 1010. The standard InChI is InChI=1S/C19H15NO5S/c1-11-3-5-13(6-4-11)18(21)12(2)25-19(22)17-10-14-9-15(20(23)24)7-8-16(14)26-17/h3-10,12H,1-2H3/t12-/m0/s1. The molecule has 0 saturated carbocycles. The zero-order chi connectivity index (χ0) is 18.8. The van der Waals surface area contributed by atoms with Gasteiger partial charge in [-0.2, -0.15) is 0 Å². The second kappa shape index (κ2) is 7.05. The van der Waals surface area contributed by atoms with Gasteiger partial charge in [-0.05, 0) is 26.0 Å². The molecule has 0 spiro atoms. The van der Waals surface area contributed by atoms with Gasteiger partial charge in [-0.3, -0.25) is 14.9 Å². The fourth-order valence-corrected chi connectivity index (χ4v) is 3.40. The molecule has 132 valence electrons. The third-order valence-corrected chi connectivity index (χ3v) is 5.00. The molecule has 0 saturated heterocycles. The zero-order valence-electron chi connectivity index (χ0n) is 14.1. The summed E-state index contributed by atoms with van der Waals surface area (Å²) in [6, 6.07) is 13.0. The molecule has 0 amide bonds. The molecule has 0 aliphatic rings. The van der Waals surface area contributed by atoms with Crippen molar-refractivity contribution >= 4 is 38.9 Å². The van der Waals surface area contributed by atoms with Crippen LogP contribution in [0.3, 0.4) is 0 Å².